The topological polar surface area (TPSA) is 34.1 Å². The zero-order chi connectivity index (χ0) is 8.15. The van der Waals surface area contributed by atoms with E-state index in [0.717, 1.165) is 0 Å². The highest BCUT2D eigenvalue weighted by Crippen LogP contribution is 2.10. The molecule has 0 radical (unpaired) electrons. The fraction of sp³-hybridized carbons (Fsp3) is 0.333. The van der Waals surface area contributed by atoms with Gasteiger partial charge in [-0.3, -0.25) is 9.59 Å². The van der Waals surface area contributed by atoms with Gasteiger partial charge in [0, 0.05) is 6.42 Å². The highest BCUT2D eigenvalue weighted by Gasteiger charge is 2.21. The lowest BCUT2D eigenvalue weighted by atomic mass is 10.1. The van der Waals surface area contributed by atoms with Gasteiger partial charge < -0.3 is 0 Å². The minimum Gasteiger partial charge on any atom is -0.280 e. The molecule has 0 saturated heterocycles. The third kappa shape index (κ3) is 2.86. The summed E-state index contributed by atoms with van der Waals surface area (Å²) in [7, 11) is 0. The molecule has 0 aliphatic heterocycles. The van der Waals surface area contributed by atoms with Gasteiger partial charge in [0.05, 0.1) is 0 Å². The van der Waals surface area contributed by atoms with Crippen molar-refractivity contribution in [3.8, 4) is 12.3 Å². The third-order valence-electron chi connectivity index (χ3n) is 0.870. The van der Waals surface area contributed by atoms with Crippen molar-refractivity contribution in [1.82, 2.24) is 0 Å². The second kappa shape index (κ2) is 4.32. The first-order chi connectivity index (χ1) is 4.59. The highest BCUT2D eigenvalue weighted by molar-refractivity contribution is 6.73. The second-order valence-corrected chi connectivity index (χ2v) is 2.31. The van der Waals surface area contributed by atoms with E-state index in [1.54, 1.807) is 0 Å². The van der Waals surface area contributed by atoms with E-state index in [1.165, 1.54) is 0 Å². The quantitative estimate of drug-likeness (QED) is 0.370. The van der Waals surface area contributed by atoms with Crippen molar-refractivity contribution in [2.24, 2.45) is 5.92 Å². The van der Waals surface area contributed by atoms with E-state index in [-0.39, 0.29) is 6.42 Å². The Morgan fingerprint density at radius 3 is 1.90 bits per heavy atom. The molecule has 10 heavy (non-hydrogen) atoms. The normalized spacial score (nSPS) is 9.00. The molecule has 4 heteroatoms. The molecule has 0 aromatic heterocycles. The smallest absolute Gasteiger partial charge is 0.234 e. The molecule has 0 saturated carbocycles. The molecule has 0 N–H and O–H groups in total. The molecule has 54 valence electrons. The average molecular weight is 179 g/mol. The predicted molar refractivity (Wildman–Crippen MR) is 38.7 cm³/mol. The molecule has 0 fully saturated rings. The van der Waals surface area contributed by atoms with Crippen LogP contribution in [0.1, 0.15) is 6.42 Å². The molecule has 0 aliphatic carbocycles. The molecule has 0 unspecified atom stereocenters. The molecule has 0 rings (SSSR count). The predicted octanol–water partition coefficient (Wildman–Crippen LogP) is 1.16. The van der Waals surface area contributed by atoms with Crippen LogP contribution in [0.4, 0.5) is 0 Å². The first-order valence-electron chi connectivity index (χ1n) is 2.41. The van der Waals surface area contributed by atoms with Crippen LogP contribution in [0.3, 0.4) is 0 Å². The molecule has 0 spiro atoms. The zero-order valence-electron chi connectivity index (χ0n) is 4.93. The van der Waals surface area contributed by atoms with Crippen molar-refractivity contribution in [2.75, 3.05) is 0 Å². The fourth-order valence-electron chi connectivity index (χ4n) is 0.368. The van der Waals surface area contributed by atoms with Gasteiger partial charge in [-0.15, -0.1) is 12.3 Å². The monoisotopic (exact) mass is 178 g/mol. The van der Waals surface area contributed by atoms with Gasteiger partial charge in [-0.05, 0) is 23.2 Å². The van der Waals surface area contributed by atoms with Gasteiger partial charge in [0.2, 0.25) is 10.5 Å². The summed E-state index contributed by atoms with van der Waals surface area (Å²) in [5, 5.41) is -1.61. The van der Waals surface area contributed by atoms with Gasteiger partial charge >= 0.3 is 0 Å². The lowest BCUT2D eigenvalue weighted by Crippen LogP contribution is -2.14. The van der Waals surface area contributed by atoms with Crippen molar-refractivity contribution in [2.45, 2.75) is 6.42 Å². The standard InChI is InChI=1S/C6H4Cl2O2/c1-2-3-4(5(7)9)6(8)10/h1,4H,3H2. The second-order valence-electron chi connectivity index (χ2n) is 1.57. The Balaban J connectivity index is 4.15. The molecule has 0 atom stereocenters. The average Bonchev–Trinajstić information content (AvgIpc) is 1.81. The molecular formula is C6H4Cl2O2. The Bertz CT molecular complexity index is 178. The number of terminal acetylenes is 1. The van der Waals surface area contributed by atoms with Crippen LogP contribution >= 0.6 is 23.2 Å². The van der Waals surface area contributed by atoms with Crippen LogP contribution in [0.15, 0.2) is 0 Å². The lowest BCUT2D eigenvalue weighted by Gasteiger charge is -1.99. The number of rotatable bonds is 3. The summed E-state index contributed by atoms with van der Waals surface area (Å²) in [5.74, 6) is 1.07. The number of carbonyl (C=O) groups excluding carboxylic acids is 2. The van der Waals surface area contributed by atoms with Crippen LogP contribution < -0.4 is 0 Å². The van der Waals surface area contributed by atoms with Gasteiger partial charge in [0.15, 0.2) is 0 Å². The summed E-state index contributed by atoms with van der Waals surface area (Å²) < 4.78 is 0. The minimum atomic E-state index is -1.05. The molecule has 0 heterocycles. The largest absolute Gasteiger partial charge is 0.280 e. The van der Waals surface area contributed by atoms with E-state index in [4.69, 9.17) is 29.6 Å². The zero-order valence-corrected chi connectivity index (χ0v) is 6.45. The van der Waals surface area contributed by atoms with E-state index in [9.17, 15) is 9.59 Å². The van der Waals surface area contributed by atoms with Crippen molar-refractivity contribution in [3.63, 3.8) is 0 Å². The Morgan fingerprint density at radius 1 is 1.40 bits per heavy atom. The number of hydrogen-bond donors (Lipinski definition) is 0. The molecule has 0 aliphatic rings. The summed E-state index contributed by atoms with van der Waals surface area (Å²) in [5.41, 5.74) is 0. The van der Waals surface area contributed by atoms with Gasteiger partial charge in [-0.2, -0.15) is 0 Å². The minimum absolute atomic E-state index is 0.0370. The maximum atomic E-state index is 10.3. The lowest BCUT2D eigenvalue weighted by molar-refractivity contribution is -0.123. The first-order valence-corrected chi connectivity index (χ1v) is 3.17. The SMILES string of the molecule is C#CCC(C(=O)Cl)C(=O)Cl. The van der Waals surface area contributed by atoms with Crippen molar-refractivity contribution < 1.29 is 9.59 Å². The summed E-state index contributed by atoms with van der Waals surface area (Å²) in [6.45, 7) is 0. The Hall–Kier alpha value is -0.520. The maximum Gasteiger partial charge on any atom is 0.234 e. The van der Waals surface area contributed by atoms with Crippen LogP contribution in [-0.4, -0.2) is 10.5 Å². The van der Waals surface area contributed by atoms with Crippen molar-refractivity contribution >= 4 is 33.7 Å². The van der Waals surface area contributed by atoms with E-state index in [0.29, 0.717) is 0 Å². The molecule has 0 bridgehead atoms. The van der Waals surface area contributed by atoms with Crippen molar-refractivity contribution in [3.05, 3.63) is 0 Å². The van der Waals surface area contributed by atoms with Gasteiger partial charge in [0.1, 0.15) is 5.92 Å². The maximum absolute atomic E-state index is 10.3. The molecule has 2 nitrogen and oxygen atoms in total. The van der Waals surface area contributed by atoms with E-state index in [2.05, 4.69) is 5.92 Å². The third-order valence-corrected chi connectivity index (χ3v) is 1.40. The van der Waals surface area contributed by atoms with Gasteiger partial charge in [-0.1, -0.05) is 0 Å². The van der Waals surface area contributed by atoms with Crippen LogP contribution in [-0.2, 0) is 9.59 Å². The Labute approximate surface area is 68.5 Å². The molecule has 0 aromatic rings. The van der Waals surface area contributed by atoms with Crippen LogP contribution in [0, 0.1) is 18.3 Å². The van der Waals surface area contributed by atoms with Gasteiger partial charge in [-0.25, -0.2) is 0 Å². The number of hydrogen-bond acceptors (Lipinski definition) is 2. The van der Waals surface area contributed by atoms with Gasteiger partial charge in [0.25, 0.3) is 0 Å². The van der Waals surface area contributed by atoms with E-state index >= 15 is 0 Å². The first kappa shape index (κ1) is 9.48. The molecule has 0 aromatic carbocycles. The van der Waals surface area contributed by atoms with E-state index < -0.39 is 16.4 Å². The summed E-state index contributed by atoms with van der Waals surface area (Å²) in [4.78, 5) is 20.7. The van der Waals surface area contributed by atoms with E-state index in [1.807, 2.05) is 0 Å². The van der Waals surface area contributed by atoms with Crippen LogP contribution in [0.5, 0.6) is 0 Å². The Morgan fingerprint density at radius 2 is 1.80 bits per heavy atom. The molecular weight excluding hydrogens is 175 g/mol. The summed E-state index contributed by atoms with van der Waals surface area (Å²) in [6.07, 6.45) is 4.80. The van der Waals surface area contributed by atoms with Crippen molar-refractivity contribution in [1.29, 1.82) is 0 Å². The number of halogens is 2. The Kier molecular flexibility index (Phi) is 4.10. The summed E-state index contributed by atoms with van der Waals surface area (Å²) in [6, 6.07) is 0. The molecule has 0 amide bonds. The number of carbonyl (C=O) groups is 2. The fourth-order valence-corrected chi connectivity index (χ4v) is 0.776. The van der Waals surface area contributed by atoms with Crippen LogP contribution in [0.2, 0.25) is 0 Å². The summed E-state index contributed by atoms with van der Waals surface area (Å²) >= 11 is 9.96. The van der Waals surface area contributed by atoms with Crippen LogP contribution in [0.25, 0.3) is 0 Å². The highest BCUT2D eigenvalue weighted by atomic mass is 35.5.